The zero-order chi connectivity index (χ0) is 19.8. The zero-order valence-electron chi connectivity index (χ0n) is 16.3. The first-order chi connectivity index (χ1) is 13.1. The van der Waals surface area contributed by atoms with Crippen molar-refractivity contribution in [3.8, 4) is 28.7 Å². The van der Waals surface area contributed by atoms with Crippen LogP contribution in [0.4, 0.5) is 0 Å². The van der Waals surface area contributed by atoms with E-state index in [0.717, 1.165) is 29.8 Å². The van der Waals surface area contributed by atoms with Crippen molar-refractivity contribution in [2.75, 3.05) is 42.1 Å². The zero-order valence-corrected chi connectivity index (χ0v) is 17.1. The van der Waals surface area contributed by atoms with Crippen molar-refractivity contribution in [3.63, 3.8) is 0 Å². The molecule has 27 heavy (non-hydrogen) atoms. The largest absolute Gasteiger partial charge is 0.496 e. The normalized spacial score (nSPS) is 10.4. The van der Waals surface area contributed by atoms with E-state index in [0.29, 0.717) is 34.6 Å². The summed E-state index contributed by atoms with van der Waals surface area (Å²) in [5, 5.41) is 3.94. The SMILES string of the molecule is COc1cc(CCNCc2cc(OC)c(OC)c(OC)c2)c(OC)cc1Cl. The molecule has 2 aromatic carbocycles. The summed E-state index contributed by atoms with van der Waals surface area (Å²) in [6.07, 6.45) is 0.765. The number of methoxy groups -OCH3 is 5. The smallest absolute Gasteiger partial charge is 0.203 e. The molecule has 0 aliphatic carbocycles. The lowest BCUT2D eigenvalue weighted by Crippen LogP contribution is -2.17. The summed E-state index contributed by atoms with van der Waals surface area (Å²) in [5.41, 5.74) is 2.06. The molecule has 0 aliphatic heterocycles. The molecule has 0 aliphatic rings. The fraction of sp³-hybridized carbons (Fsp3) is 0.400. The highest BCUT2D eigenvalue weighted by molar-refractivity contribution is 6.32. The Morgan fingerprint density at radius 2 is 1.33 bits per heavy atom. The van der Waals surface area contributed by atoms with Crippen LogP contribution in [0.1, 0.15) is 11.1 Å². The maximum Gasteiger partial charge on any atom is 0.203 e. The monoisotopic (exact) mass is 395 g/mol. The second-order valence-corrected chi connectivity index (χ2v) is 6.17. The van der Waals surface area contributed by atoms with Gasteiger partial charge in [-0.1, -0.05) is 11.6 Å². The van der Waals surface area contributed by atoms with Crippen molar-refractivity contribution in [2.24, 2.45) is 0 Å². The standard InChI is InChI=1S/C20H26ClNO5/c1-23-16-11-15(21)17(24-2)10-14(16)6-7-22-12-13-8-18(25-3)20(27-5)19(9-13)26-4/h8-11,22H,6-7,12H2,1-5H3. The van der Waals surface area contributed by atoms with E-state index in [9.17, 15) is 0 Å². The van der Waals surface area contributed by atoms with E-state index in [1.165, 1.54) is 0 Å². The van der Waals surface area contributed by atoms with Crippen molar-refractivity contribution in [3.05, 3.63) is 40.4 Å². The fourth-order valence-corrected chi connectivity index (χ4v) is 3.04. The van der Waals surface area contributed by atoms with Gasteiger partial charge in [0, 0.05) is 12.6 Å². The number of halogens is 1. The van der Waals surface area contributed by atoms with Crippen LogP contribution in [-0.2, 0) is 13.0 Å². The summed E-state index contributed by atoms with van der Waals surface area (Å²) in [7, 11) is 8.03. The summed E-state index contributed by atoms with van der Waals surface area (Å²) in [4.78, 5) is 0. The van der Waals surface area contributed by atoms with Crippen LogP contribution in [0.25, 0.3) is 0 Å². The number of rotatable bonds is 10. The van der Waals surface area contributed by atoms with Crippen LogP contribution >= 0.6 is 11.6 Å². The Labute approximate surface area is 165 Å². The fourth-order valence-electron chi connectivity index (χ4n) is 2.81. The highest BCUT2D eigenvalue weighted by atomic mass is 35.5. The predicted molar refractivity (Wildman–Crippen MR) is 106 cm³/mol. The summed E-state index contributed by atoms with van der Waals surface area (Å²) in [6, 6.07) is 7.54. The van der Waals surface area contributed by atoms with Gasteiger partial charge >= 0.3 is 0 Å². The van der Waals surface area contributed by atoms with Gasteiger partial charge in [-0.15, -0.1) is 0 Å². The number of hydrogen-bond donors (Lipinski definition) is 1. The Balaban J connectivity index is 2.03. The molecule has 7 heteroatoms. The number of ether oxygens (including phenoxy) is 5. The molecule has 0 bridgehead atoms. The van der Waals surface area contributed by atoms with E-state index in [2.05, 4.69) is 5.32 Å². The topological polar surface area (TPSA) is 58.2 Å². The molecule has 0 heterocycles. The quantitative estimate of drug-likeness (QED) is 0.619. The average Bonchev–Trinajstić information content (AvgIpc) is 2.70. The predicted octanol–water partition coefficient (Wildman–Crippen LogP) is 3.72. The molecule has 0 amide bonds. The van der Waals surface area contributed by atoms with Crippen LogP contribution in [0.5, 0.6) is 28.7 Å². The number of nitrogens with one attached hydrogen (secondary N) is 1. The molecule has 2 rings (SSSR count). The average molecular weight is 396 g/mol. The second kappa shape index (κ2) is 10.1. The van der Waals surface area contributed by atoms with Crippen LogP contribution < -0.4 is 29.0 Å². The lowest BCUT2D eigenvalue weighted by molar-refractivity contribution is 0.323. The molecule has 0 aromatic heterocycles. The lowest BCUT2D eigenvalue weighted by Gasteiger charge is -2.15. The first-order valence-electron chi connectivity index (χ1n) is 8.47. The van der Waals surface area contributed by atoms with Gasteiger partial charge in [0.2, 0.25) is 5.75 Å². The summed E-state index contributed by atoms with van der Waals surface area (Å²) >= 11 is 6.15. The maximum atomic E-state index is 6.15. The van der Waals surface area contributed by atoms with Crippen molar-refractivity contribution in [1.82, 2.24) is 5.32 Å². The first-order valence-corrected chi connectivity index (χ1v) is 8.85. The van der Waals surface area contributed by atoms with Crippen LogP contribution in [0.3, 0.4) is 0 Å². The van der Waals surface area contributed by atoms with Crippen molar-refractivity contribution >= 4 is 11.6 Å². The van der Waals surface area contributed by atoms with E-state index in [4.69, 9.17) is 35.3 Å². The van der Waals surface area contributed by atoms with Crippen molar-refractivity contribution in [1.29, 1.82) is 0 Å². The summed E-state index contributed by atoms with van der Waals surface area (Å²) < 4.78 is 26.8. The van der Waals surface area contributed by atoms with Gasteiger partial charge in [-0.3, -0.25) is 0 Å². The van der Waals surface area contributed by atoms with Gasteiger partial charge in [-0.05, 0) is 42.3 Å². The van der Waals surface area contributed by atoms with Gasteiger partial charge in [-0.2, -0.15) is 0 Å². The Kier molecular flexibility index (Phi) is 7.88. The van der Waals surface area contributed by atoms with E-state index >= 15 is 0 Å². The number of hydrogen-bond acceptors (Lipinski definition) is 6. The maximum absolute atomic E-state index is 6.15. The molecule has 0 saturated heterocycles. The van der Waals surface area contributed by atoms with Crippen LogP contribution in [0, 0.1) is 0 Å². The third kappa shape index (κ3) is 5.11. The van der Waals surface area contributed by atoms with E-state index < -0.39 is 0 Å². The van der Waals surface area contributed by atoms with E-state index in [-0.39, 0.29) is 0 Å². The van der Waals surface area contributed by atoms with Crippen LogP contribution in [-0.4, -0.2) is 42.1 Å². The van der Waals surface area contributed by atoms with Gasteiger partial charge < -0.3 is 29.0 Å². The molecule has 1 N–H and O–H groups in total. The van der Waals surface area contributed by atoms with Crippen LogP contribution in [0.2, 0.25) is 5.02 Å². The molecule has 0 unspecified atom stereocenters. The lowest BCUT2D eigenvalue weighted by atomic mass is 10.1. The minimum atomic E-state index is 0.531. The van der Waals surface area contributed by atoms with Gasteiger partial charge in [0.1, 0.15) is 11.5 Å². The van der Waals surface area contributed by atoms with Crippen molar-refractivity contribution < 1.29 is 23.7 Å². The molecular weight excluding hydrogens is 370 g/mol. The van der Waals surface area contributed by atoms with Gasteiger partial charge in [-0.25, -0.2) is 0 Å². The van der Waals surface area contributed by atoms with Crippen LogP contribution in [0.15, 0.2) is 24.3 Å². The summed E-state index contributed by atoms with van der Waals surface area (Å²) in [5.74, 6) is 3.24. The second-order valence-electron chi connectivity index (χ2n) is 5.76. The van der Waals surface area contributed by atoms with Crippen molar-refractivity contribution in [2.45, 2.75) is 13.0 Å². The Bertz CT molecular complexity index is 741. The molecule has 0 atom stereocenters. The van der Waals surface area contributed by atoms with E-state index in [1.54, 1.807) is 41.6 Å². The minimum Gasteiger partial charge on any atom is -0.496 e. The molecule has 2 aromatic rings. The molecule has 148 valence electrons. The minimum absolute atomic E-state index is 0.531. The first kappa shape index (κ1) is 21.0. The molecule has 6 nitrogen and oxygen atoms in total. The Hall–Kier alpha value is -2.31. The molecule has 0 radical (unpaired) electrons. The molecule has 0 spiro atoms. The van der Waals surface area contributed by atoms with Gasteiger partial charge in [0.25, 0.3) is 0 Å². The summed E-state index contributed by atoms with van der Waals surface area (Å²) in [6.45, 7) is 1.40. The third-order valence-electron chi connectivity index (χ3n) is 4.18. The molecular formula is C20H26ClNO5. The van der Waals surface area contributed by atoms with Gasteiger partial charge in [0.05, 0.1) is 40.6 Å². The highest BCUT2D eigenvalue weighted by Gasteiger charge is 2.13. The molecule has 0 fully saturated rings. The number of benzene rings is 2. The van der Waals surface area contributed by atoms with Gasteiger partial charge in [0.15, 0.2) is 11.5 Å². The Morgan fingerprint density at radius 3 is 1.85 bits per heavy atom. The Morgan fingerprint density at radius 1 is 0.741 bits per heavy atom. The highest BCUT2D eigenvalue weighted by Crippen LogP contribution is 2.38. The molecule has 0 saturated carbocycles. The van der Waals surface area contributed by atoms with E-state index in [1.807, 2.05) is 18.2 Å². The third-order valence-corrected chi connectivity index (χ3v) is 4.47.